The zero-order valence-electron chi connectivity index (χ0n) is 5.03. The third-order valence-corrected chi connectivity index (χ3v) is 0.831. The highest BCUT2D eigenvalue weighted by Crippen LogP contribution is 1.83. The second-order valence-corrected chi connectivity index (χ2v) is 1.63. The van der Waals surface area contributed by atoms with Crippen LogP contribution in [0.4, 0.5) is 0 Å². The molecule has 0 aromatic carbocycles. The van der Waals surface area contributed by atoms with Gasteiger partial charge in [-0.05, 0) is 20.0 Å². The van der Waals surface area contributed by atoms with Crippen LogP contribution >= 0.6 is 0 Å². The third-order valence-electron chi connectivity index (χ3n) is 0.831. The average molecular weight is 115 g/mol. The quantitative estimate of drug-likeness (QED) is 0.516. The van der Waals surface area contributed by atoms with Crippen LogP contribution in [0.2, 0.25) is 0 Å². The highest BCUT2D eigenvalue weighted by molar-refractivity contribution is 5.72. The van der Waals surface area contributed by atoms with E-state index < -0.39 is 5.91 Å². The Labute approximate surface area is 49.3 Å². The van der Waals surface area contributed by atoms with Crippen molar-refractivity contribution in [3.8, 4) is 0 Å². The minimum absolute atomic E-state index is 0.376. The monoisotopic (exact) mass is 115 g/mol. The third kappa shape index (κ3) is 5.43. The van der Waals surface area contributed by atoms with Gasteiger partial charge >= 0.3 is 0 Å². The number of nitrogens with one attached hydrogen (secondary N) is 2. The SMILES string of the molecule is CNCCCC([NH])=O. The summed E-state index contributed by atoms with van der Waals surface area (Å²) in [4.78, 5) is 9.96. The van der Waals surface area contributed by atoms with E-state index in [0.29, 0.717) is 6.42 Å². The fourth-order valence-corrected chi connectivity index (χ4v) is 0.426. The summed E-state index contributed by atoms with van der Waals surface area (Å²) in [5.41, 5.74) is 6.49. The Bertz CT molecular complexity index is 72.8. The maximum atomic E-state index is 9.96. The summed E-state index contributed by atoms with van der Waals surface area (Å²) in [7, 11) is 1.83. The summed E-state index contributed by atoms with van der Waals surface area (Å²) in [5.74, 6) is -0.472. The summed E-state index contributed by atoms with van der Waals surface area (Å²) in [6.07, 6.45) is 1.15. The van der Waals surface area contributed by atoms with Crippen molar-refractivity contribution in [2.45, 2.75) is 12.8 Å². The predicted molar refractivity (Wildman–Crippen MR) is 31.3 cm³/mol. The van der Waals surface area contributed by atoms with Gasteiger partial charge in [-0.3, -0.25) is 10.5 Å². The lowest BCUT2D eigenvalue weighted by molar-refractivity contribution is -0.118. The van der Waals surface area contributed by atoms with Gasteiger partial charge in [0.05, 0.1) is 0 Å². The molecule has 1 amide bonds. The maximum Gasteiger partial charge on any atom is 0.238 e. The molecular formula is C5H11N2O. The van der Waals surface area contributed by atoms with Crippen LogP contribution in [0.1, 0.15) is 12.8 Å². The maximum absolute atomic E-state index is 9.96. The Hall–Kier alpha value is -0.570. The zero-order valence-corrected chi connectivity index (χ0v) is 5.03. The molecule has 3 nitrogen and oxygen atoms in total. The molecule has 0 heterocycles. The fourth-order valence-electron chi connectivity index (χ4n) is 0.426. The van der Waals surface area contributed by atoms with E-state index in [-0.39, 0.29) is 0 Å². The highest BCUT2D eigenvalue weighted by Gasteiger charge is 1.91. The minimum Gasteiger partial charge on any atom is -0.320 e. The van der Waals surface area contributed by atoms with Gasteiger partial charge in [-0.25, -0.2) is 0 Å². The first-order chi connectivity index (χ1) is 3.77. The largest absolute Gasteiger partial charge is 0.320 e. The Morgan fingerprint density at radius 3 is 2.75 bits per heavy atom. The van der Waals surface area contributed by atoms with Crippen LogP contribution in [0.25, 0.3) is 0 Å². The van der Waals surface area contributed by atoms with Gasteiger partial charge in [0.25, 0.3) is 0 Å². The molecule has 0 atom stereocenters. The molecule has 8 heavy (non-hydrogen) atoms. The molecular weight excluding hydrogens is 104 g/mol. The zero-order chi connectivity index (χ0) is 6.41. The van der Waals surface area contributed by atoms with E-state index in [1.807, 2.05) is 7.05 Å². The Balaban J connectivity index is 2.82. The van der Waals surface area contributed by atoms with Gasteiger partial charge in [-0.15, -0.1) is 0 Å². The molecule has 0 aliphatic rings. The van der Waals surface area contributed by atoms with Crippen molar-refractivity contribution in [1.82, 2.24) is 11.1 Å². The smallest absolute Gasteiger partial charge is 0.238 e. The Morgan fingerprint density at radius 2 is 2.38 bits per heavy atom. The second kappa shape index (κ2) is 4.59. The molecule has 0 fully saturated rings. The molecule has 1 radical (unpaired) electrons. The number of hydrogen-bond donors (Lipinski definition) is 1. The van der Waals surface area contributed by atoms with Crippen LogP contribution in [-0.4, -0.2) is 19.5 Å². The van der Waals surface area contributed by atoms with Crippen molar-refractivity contribution in [2.75, 3.05) is 13.6 Å². The lowest BCUT2D eigenvalue weighted by atomic mass is 10.3. The topological polar surface area (TPSA) is 52.9 Å². The number of rotatable bonds is 4. The van der Waals surface area contributed by atoms with Crippen LogP contribution in [-0.2, 0) is 4.79 Å². The van der Waals surface area contributed by atoms with Crippen molar-refractivity contribution < 1.29 is 4.79 Å². The molecule has 0 aromatic rings. The van der Waals surface area contributed by atoms with Gasteiger partial charge in [0.15, 0.2) is 0 Å². The van der Waals surface area contributed by atoms with Crippen molar-refractivity contribution >= 4 is 5.91 Å². The van der Waals surface area contributed by atoms with Crippen molar-refractivity contribution in [1.29, 1.82) is 0 Å². The van der Waals surface area contributed by atoms with E-state index in [1.165, 1.54) is 0 Å². The highest BCUT2D eigenvalue weighted by atomic mass is 16.1. The van der Waals surface area contributed by atoms with E-state index in [9.17, 15) is 4.79 Å². The molecule has 0 spiro atoms. The number of amides is 1. The second-order valence-electron chi connectivity index (χ2n) is 1.63. The Kier molecular flexibility index (Phi) is 4.26. The first-order valence-corrected chi connectivity index (χ1v) is 2.66. The van der Waals surface area contributed by atoms with Gasteiger partial charge in [-0.2, -0.15) is 0 Å². The standard InChI is InChI=1S/C5H11N2O/c1-7-4-2-3-5(6)8/h6-7H,2-4H2,1H3. The van der Waals surface area contributed by atoms with E-state index >= 15 is 0 Å². The lowest BCUT2D eigenvalue weighted by Crippen LogP contribution is -2.09. The summed E-state index contributed by atoms with van der Waals surface area (Å²) in [6.45, 7) is 0.824. The fraction of sp³-hybridized carbons (Fsp3) is 0.800. The van der Waals surface area contributed by atoms with Crippen LogP contribution in [0.3, 0.4) is 0 Å². The van der Waals surface area contributed by atoms with E-state index in [2.05, 4.69) is 5.32 Å². The molecule has 47 valence electrons. The van der Waals surface area contributed by atoms with E-state index in [4.69, 9.17) is 5.73 Å². The molecule has 0 bridgehead atoms. The molecule has 2 N–H and O–H groups in total. The summed E-state index contributed by atoms with van der Waals surface area (Å²) >= 11 is 0. The molecule has 0 unspecified atom stereocenters. The van der Waals surface area contributed by atoms with Gasteiger partial charge in [-0.1, -0.05) is 0 Å². The molecule has 0 aliphatic carbocycles. The Morgan fingerprint density at radius 1 is 1.75 bits per heavy atom. The number of carbonyl (C=O) groups is 1. The summed E-state index contributed by atoms with van der Waals surface area (Å²) in [6, 6.07) is 0. The minimum atomic E-state index is -0.472. The average Bonchev–Trinajstić information content (AvgIpc) is 1.66. The van der Waals surface area contributed by atoms with Crippen molar-refractivity contribution in [2.24, 2.45) is 0 Å². The van der Waals surface area contributed by atoms with Crippen molar-refractivity contribution in [3.05, 3.63) is 0 Å². The lowest BCUT2D eigenvalue weighted by Gasteiger charge is -1.92. The van der Waals surface area contributed by atoms with Crippen LogP contribution in [0, 0.1) is 0 Å². The van der Waals surface area contributed by atoms with Gasteiger partial charge < -0.3 is 5.32 Å². The molecule has 0 saturated carbocycles. The summed E-state index contributed by atoms with van der Waals surface area (Å²) < 4.78 is 0. The van der Waals surface area contributed by atoms with E-state index in [0.717, 1.165) is 13.0 Å². The predicted octanol–water partition coefficient (Wildman–Crippen LogP) is -0.205. The van der Waals surface area contributed by atoms with Crippen LogP contribution in [0.15, 0.2) is 0 Å². The van der Waals surface area contributed by atoms with E-state index in [1.54, 1.807) is 0 Å². The molecule has 0 aromatic heterocycles. The first kappa shape index (κ1) is 7.43. The van der Waals surface area contributed by atoms with Gasteiger partial charge in [0.2, 0.25) is 5.91 Å². The number of hydrogen-bond acceptors (Lipinski definition) is 2. The van der Waals surface area contributed by atoms with Crippen LogP contribution in [0.5, 0.6) is 0 Å². The molecule has 0 rings (SSSR count). The van der Waals surface area contributed by atoms with Gasteiger partial charge in [0, 0.05) is 6.42 Å². The normalized spacial score (nSPS) is 9.12. The number of carbonyl (C=O) groups excluding carboxylic acids is 1. The van der Waals surface area contributed by atoms with Crippen LogP contribution < -0.4 is 11.1 Å². The van der Waals surface area contributed by atoms with Gasteiger partial charge in [0.1, 0.15) is 0 Å². The molecule has 3 heteroatoms. The molecule has 0 saturated heterocycles. The summed E-state index contributed by atoms with van der Waals surface area (Å²) in [5, 5.41) is 2.89. The molecule has 0 aliphatic heterocycles. The van der Waals surface area contributed by atoms with Crippen molar-refractivity contribution in [3.63, 3.8) is 0 Å². The first-order valence-electron chi connectivity index (χ1n) is 2.66.